The van der Waals surface area contributed by atoms with Crippen LogP contribution in [-0.4, -0.2) is 23.5 Å². The Morgan fingerprint density at radius 3 is 2.25 bits per heavy atom. The SMILES string of the molecule is CC(C)(C)C(=O)Nc1ccccc1C(=O)NCC1(C(O)c2ccccc2)CC1. The van der Waals surface area contributed by atoms with E-state index in [0.717, 1.165) is 18.4 Å². The normalized spacial score (nSPS) is 16.1. The highest BCUT2D eigenvalue weighted by atomic mass is 16.3. The first-order valence-electron chi connectivity index (χ1n) is 9.65. The van der Waals surface area contributed by atoms with Crippen LogP contribution < -0.4 is 10.6 Å². The minimum Gasteiger partial charge on any atom is -0.388 e. The van der Waals surface area contributed by atoms with Crippen LogP contribution in [-0.2, 0) is 4.79 Å². The number of aliphatic hydroxyl groups excluding tert-OH is 1. The number of hydrogen-bond acceptors (Lipinski definition) is 3. The van der Waals surface area contributed by atoms with Crippen LogP contribution in [0, 0.1) is 10.8 Å². The topological polar surface area (TPSA) is 78.4 Å². The second-order valence-corrected chi connectivity index (χ2v) is 8.61. The van der Waals surface area contributed by atoms with Crippen LogP contribution in [0.15, 0.2) is 54.6 Å². The van der Waals surface area contributed by atoms with E-state index in [4.69, 9.17) is 0 Å². The third-order valence-corrected chi connectivity index (χ3v) is 5.29. The molecule has 148 valence electrons. The molecule has 1 saturated carbocycles. The maximum Gasteiger partial charge on any atom is 0.253 e. The average molecular weight is 380 g/mol. The molecule has 28 heavy (non-hydrogen) atoms. The van der Waals surface area contributed by atoms with E-state index in [0.29, 0.717) is 17.8 Å². The summed E-state index contributed by atoms with van der Waals surface area (Å²) >= 11 is 0. The molecule has 3 rings (SSSR count). The van der Waals surface area contributed by atoms with Crippen LogP contribution in [0.2, 0.25) is 0 Å². The van der Waals surface area contributed by atoms with E-state index < -0.39 is 11.5 Å². The van der Waals surface area contributed by atoms with E-state index in [1.165, 1.54) is 0 Å². The molecule has 3 N–H and O–H groups in total. The predicted molar refractivity (Wildman–Crippen MR) is 110 cm³/mol. The van der Waals surface area contributed by atoms with Crippen LogP contribution >= 0.6 is 0 Å². The molecular weight excluding hydrogens is 352 g/mol. The first kappa shape index (κ1) is 20.1. The summed E-state index contributed by atoms with van der Waals surface area (Å²) in [5.74, 6) is -0.401. The Morgan fingerprint density at radius 2 is 1.64 bits per heavy atom. The van der Waals surface area contributed by atoms with Gasteiger partial charge in [-0.2, -0.15) is 0 Å². The number of amides is 2. The van der Waals surface area contributed by atoms with E-state index in [2.05, 4.69) is 10.6 Å². The summed E-state index contributed by atoms with van der Waals surface area (Å²) < 4.78 is 0. The fourth-order valence-electron chi connectivity index (χ4n) is 3.15. The highest BCUT2D eigenvalue weighted by Gasteiger charge is 2.49. The van der Waals surface area contributed by atoms with E-state index >= 15 is 0 Å². The Hall–Kier alpha value is -2.66. The van der Waals surface area contributed by atoms with Crippen LogP contribution in [0.1, 0.15) is 55.6 Å². The number of nitrogens with one attached hydrogen (secondary N) is 2. The summed E-state index contributed by atoms with van der Waals surface area (Å²) in [5.41, 5.74) is 0.910. The van der Waals surface area contributed by atoms with E-state index in [-0.39, 0.29) is 17.2 Å². The van der Waals surface area contributed by atoms with Crippen molar-refractivity contribution in [1.29, 1.82) is 0 Å². The molecule has 2 amide bonds. The lowest BCUT2D eigenvalue weighted by Gasteiger charge is -2.23. The van der Waals surface area contributed by atoms with Gasteiger partial charge in [-0.05, 0) is 30.5 Å². The number of carbonyl (C=O) groups excluding carboxylic acids is 2. The Labute approximate surface area is 166 Å². The minimum atomic E-state index is -0.607. The summed E-state index contributed by atoms with van der Waals surface area (Å²) in [6, 6.07) is 16.5. The van der Waals surface area contributed by atoms with Gasteiger partial charge in [0.05, 0.1) is 17.4 Å². The van der Waals surface area contributed by atoms with Gasteiger partial charge in [-0.25, -0.2) is 0 Å². The zero-order chi connectivity index (χ0) is 20.4. The van der Waals surface area contributed by atoms with Gasteiger partial charge in [0.15, 0.2) is 0 Å². The molecule has 5 heteroatoms. The minimum absolute atomic E-state index is 0.147. The Kier molecular flexibility index (Phi) is 5.57. The molecule has 0 spiro atoms. The summed E-state index contributed by atoms with van der Waals surface area (Å²) in [7, 11) is 0. The number of rotatable bonds is 6. The van der Waals surface area contributed by atoms with Crippen molar-refractivity contribution in [2.45, 2.75) is 39.7 Å². The lowest BCUT2D eigenvalue weighted by atomic mass is 9.92. The van der Waals surface area contributed by atoms with Crippen molar-refractivity contribution in [3.8, 4) is 0 Å². The summed E-state index contributed by atoms with van der Waals surface area (Å²) in [6.07, 6.45) is 1.13. The molecule has 1 fully saturated rings. The summed E-state index contributed by atoms with van der Waals surface area (Å²) in [6.45, 7) is 5.87. The Balaban J connectivity index is 1.68. The molecule has 0 aromatic heterocycles. The molecule has 0 heterocycles. The molecule has 2 aromatic carbocycles. The highest BCUT2D eigenvalue weighted by Crippen LogP contribution is 2.54. The molecule has 2 aromatic rings. The standard InChI is InChI=1S/C23H28N2O3/c1-22(2,3)21(28)25-18-12-8-7-11-17(18)20(27)24-15-23(13-14-23)19(26)16-9-5-4-6-10-16/h4-12,19,26H,13-15H2,1-3H3,(H,24,27)(H,25,28). The number of para-hydroxylation sites is 1. The molecule has 5 nitrogen and oxygen atoms in total. The number of carbonyl (C=O) groups is 2. The molecule has 1 aliphatic carbocycles. The van der Waals surface area contributed by atoms with Gasteiger partial charge < -0.3 is 15.7 Å². The first-order chi connectivity index (χ1) is 13.2. The monoisotopic (exact) mass is 380 g/mol. The highest BCUT2D eigenvalue weighted by molar-refractivity contribution is 6.04. The van der Waals surface area contributed by atoms with Gasteiger partial charge in [0.1, 0.15) is 0 Å². The van der Waals surface area contributed by atoms with Crippen molar-refractivity contribution in [2.75, 3.05) is 11.9 Å². The van der Waals surface area contributed by atoms with Crippen molar-refractivity contribution in [3.63, 3.8) is 0 Å². The van der Waals surface area contributed by atoms with Crippen molar-refractivity contribution in [2.24, 2.45) is 10.8 Å². The van der Waals surface area contributed by atoms with Crippen LogP contribution in [0.3, 0.4) is 0 Å². The van der Waals surface area contributed by atoms with E-state index in [1.807, 2.05) is 51.1 Å². The Morgan fingerprint density at radius 1 is 1.04 bits per heavy atom. The summed E-state index contributed by atoms with van der Waals surface area (Å²) in [5, 5.41) is 16.5. The largest absolute Gasteiger partial charge is 0.388 e. The lowest BCUT2D eigenvalue weighted by molar-refractivity contribution is -0.123. The number of benzene rings is 2. The van der Waals surface area contributed by atoms with Gasteiger partial charge in [0.25, 0.3) is 5.91 Å². The molecule has 0 saturated heterocycles. The number of hydrogen-bond donors (Lipinski definition) is 3. The quantitative estimate of drug-likeness (QED) is 0.711. The second kappa shape index (κ2) is 7.76. The van der Waals surface area contributed by atoms with Crippen molar-refractivity contribution in [3.05, 3.63) is 65.7 Å². The van der Waals surface area contributed by atoms with Gasteiger partial charge in [-0.3, -0.25) is 9.59 Å². The maximum atomic E-state index is 12.8. The van der Waals surface area contributed by atoms with Crippen LogP contribution in [0.25, 0.3) is 0 Å². The fraction of sp³-hybridized carbons (Fsp3) is 0.391. The van der Waals surface area contributed by atoms with Crippen LogP contribution in [0.5, 0.6) is 0 Å². The maximum absolute atomic E-state index is 12.8. The molecule has 1 unspecified atom stereocenters. The zero-order valence-electron chi connectivity index (χ0n) is 16.7. The lowest BCUT2D eigenvalue weighted by Crippen LogP contribution is -2.34. The van der Waals surface area contributed by atoms with Gasteiger partial charge >= 0.3 is 0 Å². The summed E-state index contributed by atoms with van der Waals surface area (Å²) in [4.78, 5) is 25.1. The molecule has 0 radical (unpaired) electrons. The third kappa shape index (κ3) is 4.42. The van der Waals surface area contributed by atoms with Gasteiger partial charge in [0.2, 0.25) is 5.91 Å². The molecule has 1 aliphatic rings. The van der Waals surface area contributed by atoms with Gasteiger partial charge in [0, 0.05) is 17.4 Å². The van der Waals surface area contributed by atoms with Gasteiger partial charge in [-0.1, -0.05) is 63.2 Å². The van der Waals surface area contributed by atoms with E-state index in [1.54, 1.807) is 24.3 Å². The van der Waals surface area contributed by atoms with E-state index in [9.17, 15) is 14.7 Å². The smallest absolute Gasteiger partial charge is 0.253 e. The molecular formula is C23H28N2O3. The van der Waals surface area contributed by atoms with Gasteiger partial charge in [-0.15, -0.1) is 0 Å². The third-order valence-electron chi connectivity index (χ3n) is 5.29. The Bertz CT molecular complexity index is 852. The number of aliphatic hydroxyl groups is 1. The molecule has 0 bridgehead atoms. The predicted octanol–water partition coefficient (Wildman–Crippen LogP) is 3.91. The zero-order valence-corrected chi connectivity index (χ0v) is 16.7. The first-order valence-corrected chi connectivity index (χ1v) is 9.65. The molecule has 0 aliphatic heterocycles. The number of anilines is 1. The van der Waals surface area contributed by atoms with Crippen molar-refractivity contribution < 1.29 is 14.7 Å². The second-order valence-electron chi connectivity index (χ2n) is 8.61. The van der Waals surface area contributed by atoms with Crippen LogP contribution in [0.4, 0.5) is 5.69 Å². The van der Waals surface area contributed by atoms with Crippen molar-refractivity contribution >= 4 is 17.5 Å². The molecule has 1 atom stereocenters. The average Bonchev–Trinajstić information content (AvgIpc) is 3.47. The fourth-order valence-corrected chi connectivity index (χ4v) is 3.15. The van der Waals surface area contributed by atoms with Crippen molar-refractivity contribution in [1.82, 2.24) is 5.32 Å².